The standard InChI is InChI=1S/C22H14ClN3O2S/c23-15-7-3-1-6-13(15)19-18-16(9-10-24-20(18)22(28)26-19)25-21(27)14-11-29-17-8-4-2-5-12(14)17/h1-11,19H,(H,26,28)(H,24,25,27)/t19-/m0/s1. The smallest absolute Gasteiger partial charge is 0.271 e. The Labute approximate surface area is 175 Å². The summed E-state index contributed by atoms with van der Waals surface area (Å²) in [6.07, 6.45) is 1.52. The van der Waals surface area contributed by atoms with Gasteiger partial charge in [-0.2, -0.15) is 0 Å². The number of hydrogen-bond donors (Lipinski definition) is 2. The molecule has 2 aromatic carbocycles. The minimum absolute atomic E-state index is 0.229. The summed E-state index contributed by atoms with van der Waals surface area (Å²) in [6.45, 7) is 0. The predicted octanol–water partition coefficient (Wildman–Crippen LogP) is 5.03. The molecular formula is C22H14ClN3O2S. The van der Waals surface area contributed by atoms with Crippen molar-refractivity contribution in [2.24, 2.45) is 0 Å². The van der Waals surface area contributed by atoms with Crippen LogP contribution in [0.5, 0.6) is 0 Å². The van der Waals surface area contributed by atoms with E-state index >= 15 is 0 Å². The molecule has 0 bridgehead atoms. The second kappa shape index (κ2) is 6.99. The normalized spacial score (nSPS) is 15.2. The lowest BCUT2D eigenvalue weighted by atomic mass is 9.99. The lowest BCUT2D eigenvalue weighted by Crippen LogP contribution is -2.21. The van der Waals surface area contributed by atoms with E-state index < -0.39 is 6.04 Å². The fraction of sp³-hybridized carbons (Fsp3) is 0.0455. The van der Waals surface area contributed by atoms with E-state index in [1.54, 1.807) is 12.1 Å². The van der Waals surface area contributed by atoms with Gasteiger partial charge in [-0.3, -0.25) is 14.6 Å². The molecule has 7 heteroatoms. The van der Waals surface area contributed by atoms with Crippen LogP contribution >= 0.6 is 22.9 Å². The Morgan fingerprint density at radius 3 is 2.76 bits per heavy atom. The summed E-state index contributed by atoms with van der Waals surface area (Å²) in [6, 6.07) is 16.3. The topological polar surface area (TPSA) is 71.1 Å². The molecule has 2 aromatic heterocycles. The van der Waals surface area contributed by atoms with E-state index in [9.17, 15) is 9.59 Å². The maximum atomic E-state index is 13.0. The Hall–Kier alpha value is -3.22. The van der Waals surface area contributed by atoms with E-state index in [2.05, 4.69) is 15.6 Å². The van der Waals surface area contributed by atoms with Gasteiger partial charge in [0.1, 0.15) is 5.69 Å². The summed E-state index contributed by atoms with van der Waals surface area (Å²) in [4.78, 5) is 29.7. The molecule has 4 aromatic rings. The van der Waals surface area contributed by atoms with E-state index in [0.29, 0.717) is 27.5 Å². The first-order valence-corrected chi connectivity index (χ1v) is 10.2. The van der Waals surface area contributed by atoms with Crippen LogP contribution in [0, 0.1) is 0 Å². The number of nitrogens with one attached hydrogen (secondary N) is 2. The van der Waals surface area contributed by atoms with Crippen LogP contribution in [0.2, 0.25) is 5.02 Å². The highest BCUT2D eigenvalue weighted by molar-refractivity contribution is 7.17. The molecule has 0 spiro atoms. The maximum absolute atomic E-state index is 13.0. The van der Waals surface area contributed by atoms with Gasteiger partial charge in [0.2, 0.25) is 0 Å². The van der Waals surface area contributed by atoms with Gasteiger partial charge in [0.25, 0.3) is 11.8 Å². The lowest BCUT2D eigenvalue weighted by molar-refractivity contribution is 0.0955. The first kappa shape index (κ1) is 17.8. The van der Waals surface area contributed by atoms with E-state index in [1.165, 1.54) is 17.5 Å². The summed E-state index contributed by atoms with van der Waals surface area (Å²) < 4.78 is 1.04. The van der Waals surface area contributed by atoms with Crippen LogP contribution in [0.25, 0.3) is 10.1 Å². The number of rotatable bonds is 3. The molecule has 5 rings (SSSR count). The molecule has 2 amide bonds. The van der Waals surface area contributed by atoms with Gasteiger partial charge < -0.3 is 10.6 Å². The Balaban J connectivity index is 1.57. The van der Waals surface area contributed by atoms with Crippen molar-refractivity contribution in [3.63, 3.8) is 0 Å². The number of amides is 2. The molecule has 3 heterocycles. The summed E-state index contributed by atoms with van der Waals surface area (Å²) >= 11 is 7.89. The molecule has 142 valence electrons. The fourth-order valence-corrected chi connectivity index (χ4v) is 4.80. The fourth-order valence-electron chi connectivity index (χ4n) is 3.61. The number of aromatic nitrogens is 1. The van der Waals surface area contributed by atoms with Crippen LogP contribution in [0.1, 0.15) is 38.0 Å². The largest absolute Gasteiger partial charge is 0.340 e. The molecule has 0 saturated carbocycles. The van der Waals surface area contributed by atoms with Crippen LogP contribution in [-0.4, -0.2) is 16.8 Å². The zero-order valence-electron chi connectivity index (χ0n) is 15.0. The molecule has 1 atom stereocenters. The van der Waals surface area contributed by atoms with Gasteiger partial charge in [-0.15, -0.1) is 11.3 Å². The summed E-state index contributed by atoms with van der Waals surface area (Å²) in [7, 11) is 0. The molecule has 0 radical (unpaired) electrons. The number of fused-ring (bicyclic) bond motifs is 2. The number of carbonyl (C=O) groups is 2. The highest BCUT2D eigenvalue weighted by atomic mass is 35.5. The monoisotopic (exact) mass is 419 g/mol. The number of halogens is 1. The molecule has 0 unspecified atom stereocenters. The van der Waals surface area contributed by atoms with E-state index in [-0.39, 0.29) is 11.8 Å². The molecule has 2 N–H and O–H groups in total. The van der Waals surface area contributed by atoms with E-state index in [1.807, 2.05) is 47.8 Å². The van der Waals surface area contributed by atoms with Crippen molar-refractivity contribution >= 4 is 50.5 Å². The van der Waals surface area contributed by atoms with Gasteiger partial charge in [-0.25, -0.2) is 0 Å². The number of anilines is 1. The predicted molar refractivity (Wildman–Crippen MR) is 115 cm³/mol. The molecule has 1 aliphatic heterocycles. The third kappa shape index (κ3) is 2.97. The highest BCUT2D eigenvalue weighted by Gasteiger charge is 2.35. The minimum Gasteiger partial charge on any atom is -0.340 e. The van der Waals surface area contributed by atoms with Crippen LogP contribution in [0.15, 0.2) is 66.2 Å². The first-order chi connectivity index (χ1) is 14.1. The SMILES string of the molecule is O=C1N[C@@H](c2ccccc2Cl)c2c(NC(=O)c3csc4ccccc34)ccnc21. The number of pyridine rings is 1. The third-order valence-corrected chi connectivity index (χ3v) is 6.27. The van der Waals surface area contributed by atoms with Crippen LogP contribution in [0.3, 0.4) is 0 Å². The molecule has 0 aliphatic carbocycles. The van der Waals surface area contributed by atoms with Crippen molar-refractivity contribution < 1.29 is 9.59 Å². The van der Waals surface area contributed by atoms with Gasteiger partial charge in [-0.1, -0.05) is 48.0 Å². The Morgan fingerprint density at radius 1 is 1.10 bits per heavy atom. The number of nitrogens with zero attached hydrogens (tertiary/aromatic N) is 1. The number of benzene rings is 2. The van der Waals surface area contributed by atoms with Crippen LogP contribution in [-0.2, 0) is 0 Å². The van der Waals surface area contributed by atoms with Crippen LogP contribution in [0.4, 0.5) is 5.69 Å². The van der Waals surface area contributed by atoms with Crippen molar-refractivity contribution in [1.29, 1.82) is 0 Å². The van der Waals surface area contributed by atoms with Crippen molar-refractivity contribution in [1.82, 2.24) is 10.3 Å². The second-order valence-electron chi connectivity index (χ2n) is 6.65. The van der Waals surface area contributed by atoms with Crippen molar-refractivity contribution in [3.05, 3.63) is 93.6 Å². The third-order valence-electron chi connectivity index (χ3n) is 4.96. The summed E-state index contributed by atoms with van der Waals surface area (Å²) in [5.74, 6) is -0.518. The molecule has 5 nitrogen and oxygen atoms in total. The van der Waals surface area contributed by atoms with Gasteiger partial charge in [0.05, 0.1) is 17.3 Å². The van der Waals surface area contributed by atoms with Gasteiger partial charge in [0.15, 0.2) is 0 Å². The Bertz CT molecular complexity index is 1280. The van der Waals surface area contributed by atoms with E-state index in [0.717, 1.165) is 15.6 Å². The number of hydrogen-bond acceptors (Lipinski definition) is 4. The molecule has 29 heavy (non-hydrogen) atoms. The molecule has 1 aliphatic rings. The maximum Gasteiger partial charge on any atom is 0.271 e. The van der Waals surface area contributed by atoms with Crippen molar-refractivity contribution in [3.8, 4) is 0 Å². The van der Waals surface area contributed by atoms with Crippen molar-refractivity contribution in [2.75, 3.05) is 5.32 Å². The Morgan fingerprint density at radius 2 is 1.90 bits per heavy atom. The first-order valence-electron chi connectivity index (χ1n) is 8.95. The Kier molecular flexibility index (Phi) is 4.30. The minimum atomic E-state index is -0.477. The number of carbonyl (C=O) groups excluding carboxylic acids is 2. The van der Waals surface area contributed by atoms with Gasteiger partial charge >= 0.3 is 0 Å². The molecular weight excluding hydrogens is 406 g/mol. The molecule has 0 saturated heterocycles. The summed E-state index contributed by atoms with van der Waals surface area (Å²) in [5, 5.41) is 9.17. The second-order valence-corrected chi connectivity index (χ2v) is 7.97. The zero-order valence-corrected chi connectivity index (χ0v) is 16.6. The van der Waals surface area contributed by atoms with Crippen molar-refractivity contribution in [2.45, 2.75) is 6.04 Å². The highest BCUT2D eigenvalue weighted by Crippen LogP contribution is 2.38. The zero-order chi connectivity index (χ0) is 20.0. The van der Waals surface area contributed by atoms with E-state index in [4.69, 9.17) is 11.6 Å². The van der Waals surface area contributed by atoms with Crippen LogP contribution < -0.4 is 10.6 Å². The molecule has 0 fully saturated rings. The quantitative estimate of drug-likeness (QED) is 0.489. The summed E-state index contributed by atoms with van der Waals surface area (Å²) in [5.41, 5.74) is 2.81. The van der Waals surface area contributed by atoms with Gasteiger partial charge in [-0.05, 0) is 23.8 Å². The van der Waals surface area contributed by atoms with Gasteiger partial charge in [0, 0.05) is 32.2 Å². The number of thiophene rings is 1. The average Bonchev–Trinajstić information content (AvgIpc) is 3.31. The lowest BCUT2D eigenvalue weighted by Gasteiger charge is -2.17. The average molecular weight is 420 g/mol.